The molecule has 1 amide bonds. The Balaban J connectivity index is 1.64. The first-order chi connectivity index (χ1) is 13.2. The van der Waals surface area contributed by atoms with Gasteiger partial charge in [0.05, 0.1) is 0 Å². The highest BCUT2D eigenvalue weighted by Gasteiger charge is 2.57. The zero-order valence-electron chi connectivity index (χ0n) is 17.9. The fourth-order valence-corrected chi connectivity index (χ4v) is 7.26. The number of Topliss-reactive ketones (excluding diaryl/α,β-unsaturated/α-hetero) is 2. The molecule has 4 aliphatic carbocycles. The molecule has 0 radical (unpaired) electrons. The standard InChI is InChI=1S/C24H35NO3/c1-23-11-5-6-18-17(19(23)9-10-21(23)27)8-7-16-13-20(26)15(14-24(16,18)2)12-22(28)25(3)4/h7,15,17-19H,5-6,8-14H2,1-4H3. The zero-order valence-corrected chi connectivity index (χ0v) is 17.9. The third-order valence-corrected chi connectivity index (χ3v) is 8.98. The van der Waals surface area contributed by atoms with Gasteiger partial charge in [-0.2, -0.15) is 0 Å². The summed E-state index contributed by atoms with van der Waals surface area (Å²) < 4.78 is 0. The smallest absolute Gasteiger partial charge is 0.222 e. The van der Waals surface area contributed by atoms with Crippen LogP contribution in [0.4, 0.5) is 0 Å². The van der Waals surface area contributed by atoms with E-state index in [1.165, 1.54) is 5.57 Å². The quantitative estimate of drug-likeness (QED) is 0.670. The van der Waals surface area contributed by atoms with Crippen molar-refractivity contribution in [1.29, 1.82) is 0 Å². The first kappa shape index (κ1) is 19.8. The largest absolute Gasteiger partial charge is 0.349 e. The molecule has 4 rings (SSSR count). The van der Waals surface area contributed by atoms with Crippen molar-refractivity contribution in [3.05, 3.63) is 11.6 Å². The number of fused-ring (bicyclic) bond motifs is 5. The molecule has 3 fully saturated rings. The van der Waals surface area contributed by atoms with Crippen LogP contribution < -0.4 is 0 Å². The molecule has 28 heavy (non-hydrogen) atoms. The summed E-state index contributed by atoms with van der Waals surface area (Å²) in [5.74, 6) is 2.19. The minimum atomic E-state index is -0.157. The maximum atomic E-state index is 12.8. The number of hydrogen-bond donors (Lipinski definition) is 0. The number of amides is 1. The molecule has 0 aromatic rings. The number of rotatable bonds is 2. The summed E-state index contributed by atoms with van der Waals surface area (Å²) in [6.45, 7) is 4.58. The van der Waals surface area contributed by atoms with Crippen LogP contribution in [0.3, 0.4) is 0 Å². The van der Waals surface area contributed by atoms with Crippen LogP contribution in [0.2, 0.25) is 0 Å². The van der Waals surface area contributed by atoms with Gasteiger partial charge in [-0.3, -0.25) is 14.4 Å². The van der Waals surface area contributed by atoms with E-state index in [4.69, 9.17) is 0 Å². The molecule has 0 N–H and O–H groups in total. The van der Waals surface area contributed by atoms with Gasteiger partial charge in [0.1, 0.15) is 11.6 Å². The Labute approximate surface area is 169 Å². The lowest BCUT2D eigenvalue weighted by Gasteiger charge is -2.52. The van der Waals surface area contributed by atoms with Crippen LogP contribution in [0, 0.1) is 34.5 Å². The Hall–Kier alpha value is -1.45. The minimum Gasteiger partial charge on any atom is -0.349 e. The maximum absolute atomic E-state index is 12.8. The molecule has 0 spiro atoms. The highest BCUT2D eigenvalue weighted by atomic mass is 16.2. The maximum Gasteiger partial charge on any atom is 0.222 e. The predicted octanol–water partition coefficient (Wildman–Crippen LogP) is 4.18. The molecular weight excluding hydrogens is 350 g/mol. The van der Waals surface area contributed by atoms with Crippen molar-refractivity contribution in [2.45, 2.75) is 71.6 Å². The second-order valence-electron chi connectivity index (χ2n) is 10.6. The number of carbonyl (C=O) groups excluding carboxylic acids is 3. The van der Waals surface area contributed by atoms with Crippen LogP contribution in [0.5, 0.6) is 0 Å². The van der Waals surface area contributed by atoms with Gasteiger partial charge in [0.25, 0.3) is 0 Å². The van der Waals surface area contributed by atoms with Gasteiger partial charge in [-0.1, -0.05) is 31.9 Å². The Morgan fingerprint density at radius 3 is 2.57 bits per heavy atom. The Morgan fingerprint density at radius 1 is 1.14 bits per heavy atom. The third kappa shape index (κ3) is 2.90. The van der Waals surface area contributed by atoms with Crippen LogP contribution in [0.15, 0.2) is 11.6 Å². The molecule has 0 aromatic carbocycles. The normalized spacial score (nSPS) is 42.8. The van der Waals surface area contributed by atoms with Gasteiger partial charge in [0.2, 0.25) is 5.91 Å². The zero-order chi connectivity index (χ0) is 20.3. The third-order valence-electron chi connectivity index (χ3n) is 8.98. The van der Waals surface area contributed by atoms with E-state index in [0.717, 1.165) is 44.9 Å². The summed E-state index contributed by atoms with van der Waals surface area (Å²) in [4.78, 5) is 39.4. The fraction of sp³-hybridized carbons (Fsp3) is 0.792. The van der Waals surface area contributed by atoms with E-state index < -0.39 is 0 Å². The van der Waals surface area contributed by atoms with Gasteiger partial charge in [-0.15, -0.1) is 0 Å². The molecular formula is C24H35NO3. The molecule has 4 aliphatic rings. The van der Waals surface area contributed by atoms with Gasteiger partial charge in [0.15, 0.2) is 0 Å². The molecule has 0 aromatic heterocycles. The number of ketones is 2. The lowest BCUT2D eigenvalue weighted by molar-refractivity contribution is -0.136. The average molecular weight is 386 g/mol. The second kappa shape index (κ2) is 6.81. The van der Waals surface area contributed by atoms with Crippen molar-refractivity contribution < 1.29 is 14.4 Å². The average Bonchev–Trinajstić information content (AvgIpc) is 2.82. The van der Waals surface area contributed by atoms with Crippen LogP contribution in [0.1, 0.15) is 71.6 Å². The van der Waals surface area contributed by atoms with Crippen LogP contribution >= 0.6 is 0 Å². The summed E-state index contributed by atoms with van der Waals surface area (Å²) in [7, 11) is 3.53. The molecule has 6 unspecified atom stereocenters. The fourth-order valence-electron chi connectivity index (χ4n) is 7.26. The molecule has 0 aliphatic heterocycles. The van der Waals surface area contributed by atoms with Crippen LogP contribution in [0.25, 0.3) is 0 Å². The van der Waals surface area contributed by atoms with Crippen molar-refractivity contribution in [3.63, 3.8) is 0 Å². The van der Waals surface area contributed by atoms with E-state index in [9.17, 15) is 14.4 Å². The van der Waals surface area contributed by atoms with Crippen LogP contribution in [-0.4, -0.2) is 36.5 Å². The van der Waals surface area contributed by atoms with E-state index in [2.05, 4.69) is 19.9 Å². The second-order valence-corrected chi connectivity index (χ2v) is 10.6. The van der Waals surface area contributed by atoms with Gasteiger partial charge >= 0.3 is 0 Å². The lowest BCUT2D eigenvalue weighted by atomic mass is 9.51. The summed E-state index contributed by atoms with van der Waals surface area (Å²) in [6, 6.07) is 0. The van der Waals surface area contributed by atoms with E-state index >= 15 is 0 Å². The summed E-state index contributed by atoms with van der Waals surface area (Å²) >= 11 is 0. The summed E-state index contributed by atoms with van der Waals surface area (Å²) in [5.41, 5.74) is 1.19. The highest BCUT2D eigenvalue weighted by molar-refractivity contribution is 5.90. The molecule has 3 saturated carbocycles. The molecule has 6 atom stereocenters. The number of carbonyl (C=O) groups is 3. The highest BCUT2D eigenvalue weighted by Crippen LogP contribution is 2.62. The SMILES string of the molecule is CN(C)C(=O)CC1CC2(C)C(=CCC3C4CCC(=O)C4(C)CCCC32)CC1=O. The Kier molecular flexibility index (Phi) is 4.83. The Bertz CT molecular complexity index is 738. The molecule has 4 nitrogen and oxygen atoms in total. The van der Waals surface area contributed by atoms with E-state index in [1.807, 2.05) is 0 Å². The first-order valence-corrected chi connectivity index (χ1v) is 11.1. The van der Waals surface area contributed by atoms with Crippen molar-refractivity contribution in [1.82, 2.24) is 4.90 Å². The summed E-state index contributed by atoms with van der Waals surface area (Å²) in [6.07, 6.45) is 10.1. The number of nitrogens with zero attached hydrogens (tertiary/aromatic N) is 1. The topological polar surface area (TPSA) is 54.5 Å². The summed E-state index contributed by atoms with van der Waals surface area (Å²) in [5, 5.41) is 0. The monoisotopic (exact) mass is 385 g/mol. The van der Waals surface area contributed by atoms with E-state index in [-0.39, 0.29) is 28.4 Å². The van der Waals surface area contributed by atoms with E-state index in [1.54, 1.807) is 19.0 Å². The van der Waals surface area contributed by atoms with Gasteiger partial charge in [-0.05, 0) is 55.3 Å². The predicted molar refractivity (Wildman–Crippen MR) is 109 cm³/mol. The van der Waals surface area contributed by atoms with Crippen LogP contribution in [-0.2, 0) is 14.4 Å². The first-order valence-electron chi connectivity index (χ1n) is 11.1. The lowest BCUT2D eigenvalue weighted by Crippen LogP contribution is -2.47. The van der Waals surface area contributed by atoms with Gasteiger partial charge in [0, 0.05) is 44.7 Å². The number of hydrogen-bond acceptors (Lipinski definition) is 3. The van der Waals surface area contributed by atoms with Crippen molar-refractivity contribution in [2.75, 3.05) is 14.1 Å². The minimum absolute atomic E-state index is 0.00493. The molecule has 0 heterocycles. The molecule has 0 saturated heterocycles. The molecule has 154 valence electrons. The molecule has 0 bridgehead atoms. The Morgan fingerprint density at radius 2 is 1.86 bits per heavy atom. The van der Waals surface area contributed by atoms with Gasteiger partial charge in [-0.25, -0.2) is 0 Å². The molecule has 4 heteroatoms. The van der Waals surface area contributed by atoms with Gasteiger partial charge < -0.3 is 4.90 Å². The van der Waals surface area contributed by atoms with Crippen molar-refractivity contribution in [3.8, 4) is 0 Å². The van der Waals surface area contributed by atoms with E-state index in [0.29, 0.717) is 36.4 Å². The number of allylic oxidation sites excluding steroid dienone is 2. The van der Waals surface area contributed by atoms with Crippen molar-refractivity contribution >= 4 is 17.5 Å². The van der Waals surface area contributed by atoms with Crippen molar-refractivity contribution in [2.24, 2.45) is 34.5 Å².